The summed E-state index contributed by atoms with van der Waals surface area (Å²) < 4.78 is 10.9. The molecule has 3 nitrogen and oxygen atoms in total. The van der Waals surface area contributed by atoms with E-state index in [9.17, 15) is 0 Å². The van der Waals surface area contributed by atoms with E-state index in [1.165, 1.54) is 0 Å². The first-order chi connectivity index (χ1) is 6.85. The van der Waals surface area contributed by atoms with E-state index in [1.54, 1.807) is 25.1 Å². The van der Waals surface area contributed by atoms with Gasteiger partial charge in [0.05, 0.1) is 18.1 Å². The van der Waals surface area contributed by atoms with Crippen LogP contribution in [0, 0.1) is 0 Å². The molecule has 0 radical (unpaired) electrons. The minimum atomic E-state index is 0.374. The molecule has 4 heteroatoms. The molecule has 1 aromatic heterocycles. The van der Waals surface area contributed by atoms with Gasteiger partial charge < -0.3 is 9.47 Å². The Bertz CT molecular complexity index is 304. The lowest BCUT2D eigenvalue weighted by atomic mass is 10.4. The first-order valence-electron chi connectivity index (χ1n) is 4.58. The maximum absolute atomic E-state index is 5.76. The summed E-state index contributed by atoms with van der Waals surface area (Å²) in [5, 5.41) is 0. The Morgan fingerprint density at radius 2 is 2.29 bits per heavy atom. The van der Waals surface area contributed by atoms with Gasteiger partial charge in [-0.15, -0.1) is 11.8 Å². The monoisotopic (exact) mass is 211 g/mol. The highest BCUT2D eigenvalue weighted by atomic mass is 32.2. The third-order valence-electron chi connectivity index (χ3n) is 2.06. The molecule has 0 bridgehead atoms. The van der Waals surface area contributed by atoms with Crippen molar-refractivity contribution in [2.45, 2.75) is 23.8 Å². The van der Waals surface area contributed by atoms with E-state index in [-0.39, 0.29) is 0 Å². The van der Waals surface area contributed by atoms with Crippen molar-refractivity contribution in [2.24, 2.45) is 0 Å². The topological polar surface area (TPSA) is 31.4 Å². The minimum Gasteiger partial charge on any atom is -0.484 e. The lowest BCUT2D eigenvalue weighted by Crippen LogP contribution is -2.01. The molecule has 1 fully saturated rings. The Morgan fingerprint density at radius 1 is 1.50 bits per heavy atom. The van der Waals surface area contributed by atoms with Crippen molar-refractivity contribution in [1.82, 2.24) is 4.98 Å². The predicted molar refractivity (Wildman–Crippen MR) is 56.2 cm³/mol. The summed E-state index contributed by atoms with van der Waals surface area (Å²) in [6, 6.07) is 1.95. The highest BCUT2D eigenvalue weighted by molar-refractivity contribution is 7.98. The van der Waals surface area contributed by atoms with Gasteiger partial charge in [-0.05, 0) is 25.2 Å². The first kappa shape index (κ1) is 9.65. The van der Waals surface area contributed by atoms with E-state index < -0.39 is 0 Å². The van der Waals surface area contributed by atoms with Gasteiger partial charge in [0.2, 0.25) is 0 Å². The molecule has 14 heavy (non-hydrogen) atoms. The maximum atomic E-state index is 5.76. The van der Waals surface area contributed by atoms with Crippen LogP contribution in [-0.2, 0) is 0 Å². The van der Waals surface area contributed by atoms with Crippen LogP contribution in [0.5, 0.6) is 11.6 Å². The molecule has 0 amide bonds. The Morgan fingerprint density at radius 3 is 2.86 bits per heavy atom. The Labute approximate surface area is 87.8 Å². The molecule has 1 heterocycles. The van der Waals surface area contributed by atoms with Crippen LogP contribution < -0.4 is 9.47 Å². The van der Waals surface area contributed by atoms with E-state index in [0.717, 1.165) is 23.5 Å². The Kier molecular flexibility index (Phi) is 2.82. The van der Waals surface area contributed by atoms with Gasteiger partial charge in [0.15, 0.2) is 5.75 Å². The largest absolute Gasteiger partial charge is 0.484 e. The van der Waals surface area contributed by atoms with E-state index in [2.05, 4.69) is 4.98 Å². The normalized spacial score (nSPS) is 15.3. The number of thioether (sulfide) groups is 1. The van der Waals surface area contributed by atoms with Crippen molar-refractivity contribution in [3.8, 4) is 11.6 Å². The molecule has 0 aromatic carbocycles. The molecule has 0 saturated heterocycles. The smallest absolute Gasteiger partial charge is 0.257 e. The molecule has 1 aliphatic rings. The van der Waals surface area contributed by atoms with Crippen molar-refractivity contribution >= 4 is 11.8 Å². The zero-order chi connectivity index (χ0) is 9.97. The van der Waals surface area contributed by atoms with Gasteiger partial charge >= 0.3 is 0 Å². The summed E-state index contributed by atoms with van der Waals surface area (Å²) in [5.74, 6) is 1.38. The predicted octanol–water partition coefficient (Wildman–Crippen LogP) is 2.35. The number of aromatic nitrogens is 1. The molecular formula is C10H13NO2S. The highest BCUT2D eigenvalue weighted by Crippen LogP contribution is 2.38. The molecular weight excluding hydrogens is 198 g/mol. The number of hydrogen-bond acceptors (Lipinski definition) is 4. The number of ether oxygens (including phenoxy) is 2. The molecule has 0 spiro atoms. The van der Waals surface area contributed by atoms with E-state index >= 15 is 0 Å². The van der Waals surface area contributed by atoms with E-state index in [0.29, 0.717) is 12.0 Å². The fraction of sp³-hybridized carbons (Fsp3) is 0.500. The van der Waals surface area contributed by atoms with Crippen LogP contribution >= 0.6 is 11.8 Å². The summed E-state index contributed by atoms with van der Waals surface area (Å²) in [6.07, 6.45) is 6.43. The SMILES string of the molecule is COc1nccc(SC)c1OC1CC1. The average molecular weight is 211 g/mol. The van der Waals surface area contributed by atoms with Gasteiger partial charge in [-0.3, -0.25) is 0 Å². The molecule has 0 aliphatic heterocycles. The fourth-order valence-electron chi connectivity index (χ4n) is 1.18. The molecule has 0 unspecified atom stereocenters. The Balaban J connectivity index is 2.29. The third kappa shape index (κ3) is 1.95. The molecule has 2 rings (SSSR count). The van der Waals surface area contributed by atoms with Crippen molar-refractivity contribution < 1.29 is 9.47 Å². The molecule has 1 aliphatic carbocycles. The lowest BCUT2D eigenvalue weighted by molar-refractivity contribution is 0.270. The summed E-state index contributed by atoms with van der Waals surface area (Å²) in [4.78, 5) is 5.21. The van der Waals surface area contributed by atoms with Crippen molar-refractivity contribution in [3.05, 3.63) is 12.3 Å². The highest BCUT2D eigenvalue weighted by Gasteiger charge is 2.26. The van der Waals surface area contributed by atoms with E-state index in [1.807, 2.05) is 12.3 Å². The molecule has 0 N–H and O–H groups in total. The summed E-state index contributed by atoms with van der Waals surface area (Å²) >= 11 is 1.65. The quantitative estimate of drug-likeness (QED) is 0.715. The standard InChI is InChI=1S/C10H13NO2S/c1-12-10-9(13-7-3-4-7)8(14-2)5-6-11-10/h5-7H,3-4H2,1-2H3. The second-order valence-corrected chi connectivity index (χ2v) is 4.02. The van der Waals surface area contributed by atoms with Gasteiger partial charge in [0.25, 0.3) is 5.88 Å². The van der Waals surface area contributed by atoms with Crippen LogP contribution in [0.25, 0.3) is 0 Å². The van der Waals surface area contributed by atoms with Crippen molar-refractivity contribution in [2.75, 3.05) is 13.4 Å². The van der Waals surface area contributed by atoms with E-state index in [4.69, 9.17) is 9.47 Å². The second-order valence-electron chi connectivity index (χ2n) is 3.17. The van der Waals surface area contributed by atoms with Gasteiger partial charge in [0.1, 0.15) is 0 Å². The summed E-state index contributed by atoms with van der Waals surface area (Å²) in [5.41, 5.74) is 0. The van der Waals surface area contributed by atoms with Crippen molar-refractivity contribution in [3.63, 3.8) is 0 Å². The van der Waals surface area contributed by atoms with Crippen LogP contribution in [-0.4, -0.2) is 24.5 Å². The van der Waals surface area contributed by atoms with Crippen LogP contribution in [0.4, 0.5) is 0 Å². The average Bonchev–Trinajstić information content (AvgIpc) is 3.02. The van der Waals surface area contributed by atoms with Crippen molar-refractivity contribution in [1.29, 1.82) is 0 Å². The van der Waals surface area contributed by atoms with Gasteiger partial charge in [-0.25, -0.2) is 4.98 Å². The Hall–Kier alpha value is -0.900. The van der Waals surface area contributed by atoms with Crippen LogP contribution in [0.2, 0.25) is 0 Å². The zero-order valence-electron chi connectivity index (χ0n) is 8.32. The second kappa shape index (κ2) is 4.09. The third-order valence-corrected chi connectivity index (χ3v) is 2.82. The maximum Gasteiger partial charge on any atom is 0.257 e. The van der Waals surface area contributed by atoms with Crippen LogP contribution in [0.3, 0.4) is 0 Å². The van der Waals surface area contributed by atoms with Gasteiger partial charge in [-0.1, -0.05) is 0 Å². The van der Waals surface area contributed by atoms with Gasteiger partial charge in [0, 0.05) is 6.20 Å². The number of methoxy groups -OCH3 is 1. The molecule has 1 aromatic rings. The summed E-state index contributed by atoms with van der Waals surface area (Å²) in [7, 11) is 1.62. The zero-order valence-corrected chi connectivity index (χ0v) is 9.13. The molecule has 76 valence electrons. The fourth-order valence-corrected chi connectivity index (χ4v) is 1.70. The number of hydrogen-bond donors (Lipinski definition) is 0. The minimum absolute atomic E-state index is 0.374. The number of pyridine rings is 1. The van der Waals surface area contributed by atoms with Crippen LogP contribution in [0.15, 0.2) is 17.2 Å². The van der Waals surface area contributed by atoms with Gasteiger partial charge in [-0.2, -0.15) is 0 Å². The first-order valence-corrected chi connectivity index (χ1v) is 5.81. The number of nitrogens with zero attached hydrogens (tertiary/aromatic N) is 1. The number of rotatable bonds is 4. The lowest BCUT2D eigenvalue weighted by Gasteiger charge is -2.11. The van der Waals surface area contributed by atoms with Crippen LogP contribution in [0.1, 0.15) is 12.8 Å². The molecule has 1 saturated carbocycles. The molecule has 0 atom stereocenters. The summed E-state index contributed by atoms with van der Waals surface area (Å²) in [6.45, 7) is 0.